The fourth-order valence-corrected chi connectivity index (χ4v) is 2.68. The largest absolute Gasteiger partial charge is 0.452 e. The van der Waals surface area contributed by atoms with Gasteiger partial charge in [0.2, 0.25) is 0 Å². The van der Waals surface area contributed by atoms with Gasteiger partial charge in [-0.3, -0.25) is 4.79 Å². The van der Waals surface area contributed by atoms with Crippen LogP contribution in [0.25, 0.3) is 0 Å². The van der Waals surface area contributed by atoms with Crippen molar-refractivity contribution < 1.29 is 14.3 Å². The normalized spacial score (nSPS) is 10.3. The number of amides is 1. The zero-order valence-electron chi connectivity index (χ0n) is 14.6. The molecule has 0 aliphatic carbocycles. The topological polar surface area (TPSA) is 55.4 Å². The highest BCUT2D eigenvalue weighted by Gasteiger charge is 2.13. The Morgan fingerprint density at radius 2 is 1.71 bits per heavy atom. The van der Waals surface area contributed by atoms with Gasteiger partial charge in [-0.05, 0) is 50.5 Å². The molecule has 0 heterocycles. The van der Waals surface area contributed by atoms with Gasteiger partial charge in [0.15, 0.2) is 6.61 Å². The molecule has 24 heavy (non-hydrogen) atoms. The van der Waals surface area contributed by atoms with E-state index in [-0.39, 0.29) is 12.5 Å². The number of ether oxygens (including phenoxy) is 1. The molecule has 0 spiro atoms. The summed E-state index contributed by atoms with van der Waals surface area (Å²) >= 11 is 0. The van der Waals surface area contributed by atoms with E-state index in [2.05, 4.69) is 5.32 Å². The Hall–Kier alpha value is -2.62. The first kappa shape index (κ1) is 17.7. The zero-order valence-corrected chi connectivity index (χ0v) is 14.6. The number of anilines is 1. The van der Waals surface area contributed by atoms with Crippen LogP contribution >= 0.6 is 0 Å². The highest BCUT2D eigenvalue weighted by atomic mass is 16.5. The minimum atomic E-state index is -0.488. The van der Waals surface area contributed by atoms with Gasteiger partial charge in [-0.2, -0.15) is 0 Å². The first-order valence-corrected chi connectivity index (χ1v) is 8.04. The molecule has 0 unspecified atom stereocenters. The summed E-state index contributed by atoms with van der Waals surface area (Å²) in [6.45, 7) is 7.51. The van der Waals surface area contributed by atoms with Crippen molar-refractivity contribution in [2.45, 2.75) is 34.1 Å². The lowest BCUT2D eigenvalue weighted by Gasteiger charge is -2.13. The maximum absolute atomic E-state index is 12.1. The Morgan fingerprint density at radius 1 is 1.04 bits per heavy atom. The van der Waals surface area contributed by atoms with Crippen molar-refractivity contribution in [1.29, 1.82) is 0 Å². The van der Waals surface area contributed by atoms with E-state index in [9.17, 15) is 9.59 Å². The SMILES string of the molecule is CCc1cccc(C)c1NC(=O)COC(=O)c1cc(C)cc(C)c1. The van der Waals surface area contributed by atoms with Crippen LogP contribution in [0.5, 0.6) is 0 Å². The van der Waals surface area contributed by atoms with Gasteiger partial charge in [-0.1, -0.05) is 42.3 Å². The van der Waals surface area contributed by atoms with Gasteiger partial charge in [0, 0.05) is 5.69 Å². The van der Waals surface area contributed by atoms with E-state index in [0.717, 1.165) is 34.4 Å². The van der Waals surface area contributed by atoms with E-state index < -0.39 is 5.97 Å². The number of nitrogens with one attached hydrogen (secondary N) is 1. The molecular formula is C20H23NO3. The molecule has 0 saturated carbocycles. The number of hydrogen-bond acceptors (Lipinski definition) is 3. The lowest BCUT2D eigenvalue weighted by molar-refractivity contribution is -0.119. The van der Waals surface area contributed by atoms with Crippen molar-refractivity contribution in [3.63, 3.8) is 0 Å². The molecule has 2 aromatic rings. The number of carbonyl (C=O) groups excluding carboxylic acids is 2. The van der Waals surface area contributed by atoms with Gasteiger partial charge in [0.05, 0.1) is 5.56 Å². The molecule has 2 rings (SSSR count). The molecule has 0 saturated heterocycles. The smallest absolute Gasteiger partial charge is 0.338 e. The van der Waals surface area contributed by atoms with Gasteiger partial charge < -0.3 is 10.1 Å². The van der Waals surface area contributed by atoms with Crippen LogP contribution < -0.4 is 5.32 Å². The number of hydrogen-bond donors (Lipinski definition) is 1. The molecule has 1 N–H and O–H groups in total. The second-order valence-corrected chi connectivity index (χ2v) is 5.96. The molecule has 4 heteroatoms. The summed E-state index contributed by atoms with van der Waals surface area (Å²) in [6.07, 6.45) is 0.819. The van der Waals surface area contributed by atoms with Crippen LogP contribution in [-0.4, -0.2) is 18.5 Å². The molecule has 0 aromatic heterocycles. The summed E-state index contributed by atoms with van der Waals surface area (Å²) < 4.78 is 5.13. The number of aryl methyl sites for hydroxylation is 4. The first-order chi connectivity index (χ1) is 11.4. The standard InChI is InChI=1S/C20H23NO3/c1-5-16-8-6-7-15(4)19(16)21-18(22)12-24-20(23)17-10-13(2)9-14(3)11-17/h6-11H,5,12H2,1-4H3,(H,21,22). The van der Waals surface area contributed by atoms with Gasteiger partial charge >= 0.3 is 5.97 Å². The van der Waals surface area contributed by atoms with Crippen molar-refractivity contribution in [1.82, 2.24) is 0 Å². The Labute approximate surface area is 142 Å². The predicted octanol–water partition coefficient (Wildman–Crippen LogP) is 3.97. The van der Waals surface area contributed by atoms with E-state index >= 15 is 0 Å². The molecule has 0 bridgehead atoms. The highest BCUT2D eigenvalue weighted by Crippen LogP contribution is 2.21. The molecule has 0 aliphatic rings. The van der Waals surface area contributed by atoms with Gasteiger partial charge in [0.1, 0.15) is 0 Å². The maximum atomic E-state index is 12.1. The van der Waals surface area contributed by atoms with Crippen molar-refractivity contribution in [3.05, 3.63) is 64.2 Å². The number of esters is 1. The Balaban J connectivity index is 2.00. The summed E-state index contributed by atoms with van der Waals surface area (Å²) in [7, 11) is 0. The highest BCUT2D eigenvalue weighted by molar-refractivity contribution is 5.96. The third kappa shape index (κ3) is 4.44. The lowest BCUT2D eigenvalue weighted by Crippen LogP contribution is -2.22. The average molecular weight is 325 g/mol. The van der Waals surface area contributed by atoms with E-state index in [1.807, 2.05) is 52.0 Å². The van der Waals surface area contributed by atoms with Crippen molar-refractivity contribution in [2.75, 3.05) is 11.9 Å². The zero-order chi connectivity index (χ0) is 17.7. The molecule has 4 nitrogen and oxygen atoms in total. The third-order valence-electron chi connectivity index (χ3n) is 3.80. The maximum Gasteiger partial charge on any atom is 0.338 e. The molecule has 0 aliphatic heterocycles. The molecule has 0 atom stereocenters. The molecule has 0 fully saturated rings. The second-order valence-electron chi connectivity index (χ2n) is 5.96. The summed E-state index contributed by atoms with van der Waals surface area (Å²) in [5.41, 5.74) is 5.28. The number of carbonyl (C=O) groups is 2. The first-order valence-electron chi connectivity index (χ1n) is 8.04. The molecule has 1 amide bonds. The molecular weight excluding hydrogens is 302 g/mol. The fourth-order valence-electron chi connectivity index (χ4n) is 2.68. The molecule has 126 valence electrons. The van der Waals surface area contributed by atoms with Crippen LogP contribution in [0.2, 0.25) is 0 Å². The van der Waals surface area contributed by atoms with E-state index in [1.165, 1.54) is 0 Å². The van der Waals surface area contributed by atoms with Gasteiger partial charge in [-0.15, -0.1) is 0 Å². The second kappa shape index (κ2) is 7.77. The van der Waals surface area contributed by atoms with E-state index in [4.69, 9.17) is 4.74 Å². The summed E-state index contributed by atoms with van der Waals surface area (Å²) in [5, 5.41) is 2.84. The number of benzene rings is 2. The van der Waals surface area contributed by atoms with Crippen LogP contribution in [0.4, 0.5) is 5.69 Å². The summed E-state index contributed by atoms with van der Waals surface area (Å²) in [4.78, 5) is 24.2. The Kier molecular flexibility index (Phi) is 5.74. The minimum Gasteiger partial charge on any atom is -0.452 e. The van der Waals surface area contributed by atoms with E-state index in [1.54, 1.807) is 12.1 Å². The van der Waals surface area contributed by atoms with Crippen LogP contribution in [0.1, 0.15) is 39.5 Å². The summed E-state index contributed by atoms with van der Waals surface area (Å²) in [6, 6.07) is 11.4. The quantitative estimate of drug-likeness (QED) is 0.846. The summed E-state index contributed by atoms with van der Waals surface area (Å²) in [5.74, 6) is -0.825. The lowest BCUT2D eigenvalue weighted by atomic mass is 10.1. The van der Waals surface area contributed by atoms with Gasteiger partial charge in [0.25, 0.3) is 5.91 Å². The fraction of sp³-hybridized carbons (Fsp3) is 0.300. The molecule has 2 aromatic carbocycles. The van der Waals surface area contributed by atoms with Crippen LogP contribution in [-0.2, 0) is 16.0 Å². The van der Waals surface area contributed by atoms with Crippen molar-refractivity contribution in [3.8, 4) is 0 Å². The van der Waals surface area contributed by atoms with Crippen LogP contribution in [0.3, 0.4) is 0 Å². The van der Waals surface area contributed by atoms with Crippen molar-refractivity contribution >= 4 is 17.6 Å². The number of para-hydroxylation sites is 1. The van der Waals surface area contributed by atoms with Crippen LogP contribution in [0.15, 0.2) is 36.4 Å². The molecule has 0 radical (unpaired) electrons. The van der Waals surface area contributed by atoms with E-state index in [0.29, 0.717) is 5.56 Å². The predicted molar refractivity (Wildman–Crippen MR) is 95.4 cm³/mol. The van der Waals surface area contributed by atoms with Gasteiger partial charge in [-0.25, -0.2) is 4.79 Å². The minimum absolute atomic E-state index is 0.302. The monoisotopic (exact) mass is 325 g/mol. The van der Waals surface area contributed by atoms with Crippen molar-refractivity contribution in [2.24, 2.45) is 0 Å². The Bertz CT molecular complexity index is 745. The third-order valence-corrected chi connectivity index (χ3v) is 3.80. The average Bonchev–Trinajstić information content (AvgIpc) is 2.53. The van der Waals surface area contributed by atoms with Crippen LogP contribution in [0, 0.1) is 20.8 Å². The number of rotatable bonds is 5. The Morgan fingerprint density at radius 3 is 2.33 bits per heavy atom.